The molecular formula is C24H18N2O3. The number of amides is 1. The average molecular weight is 382 g/mol. The fraction of sp³-hybridized carbons (Fsp3) is 0.0417. The Morgan fingerprint density at radius 1 is 0.862 bits per heavy atom. The highest BCUT2D eigenvalue weighted by molar-refractivity contribution is 6.09. The summed E-state index contributed by atoms with van der Waals surface area (Å²) in [7, 11) is 0. The highest BCUT2D eigenvalue weighted by Crippen LogP contribution is 2.31. The second-order valence-electron chi connectivity index (χ2n) is 6.59. The molecule has 0 spiro atoms. The lowest BCUT2D eigenvalue weighted by atomic mass is 10.1. The van der Waals surface area contributed by atoms with Crippen molar-refractivity contribution in [2.45, 2.75) is 6.92 Å². The number of rotatable bonds is 4. The van der Waals surface area contributed by atoms with Gasteiger partial charge in [-0.2, -0.15) is 0 Å². The number of aromatic nitrogens is 1. The lowest BCUT2D eigenvalue weighted by molar-refractivity contribution is 0.0737. The maximum Gasteiger partial charge on any atom is 0.343 e. The van der Waals surface area contributed by atoms with Crippen molar-refractivity contribution in [2.75, 3.05) is 5.32 Å². The third kappa shape index (κ3) is 3.99. The number of esters is 1. The van der Waals surface area contributed by atoms with Gasteiger partial charge in [-0.25, -0.2) is 4.79 Å². The minimum absolute atomic E-state index is 0.227. The van der Waals surface area contributed by atoms with Gasteiger partial charge >= 0.3 is 5.97 Å². The fourth-order valence-corrected chi connectivity index (χ4v) is 3.05. The predicted octanol–water partition coefficient (Wildman–Crippen LogP) is 5.01. The van der Waals surface area contributed by atoms with Gasteiger partial charge in [0.1, 0.15) is 5.75 Å². The molecule has 0 unspecified atom stereocenters. The molecule has 1 N–H and O–H groups in total. The molecule has 4 aromatic rings. The van der Waals surface area contributed by atoms with E-state index in [1.54, 1.807) is 60.8 Å². The Bertz CT molecular complexity index is 1200. The summed E-state index contributed by atoms with van der Waals surface area (Å²) in [6.07, 6.45) is 1.63. The molecule has 5 heteroatoms. The predicted molar refractivity (Wildman–Crippen MR) is 112 cm³/mol. The first-order valence-corrected chi connectivity index (χ1v) is 9.15. The third-order valence-electron chi connectivity index (χ3n) is 4.47. The summed E-state index contributed by atoms with van der Waals surface area (Å²) in [6.45, 7) is 1.93. The van der Waals surface area contributed by atoms with E-state index in [9.17, 15) is 9.59 Å². The zero-order valence-electron chi connectivity index (χ0n) is 15.8. The van der Waals surface area contributed by atoms with Crippen molar-refractivity contribution in [3.8, 4) is 5.75 Å². The number of hydrogen-bond acceptors (Lipinski definition) is 4. The molecule has 0 aliphatic rings. The van der Waals surface area contributed by atoms with Gasteiger partial charge in [0.05, 0.1) is 16.8 Å². The molecule has 0 radical (unpaired) electrons. The second-order valence-corrected chi connectivity index (χ2v) is 6.59. The van der Waals surface area contributed by atoms with E-state index in [1.807, 2.05) is 31.2 Å². The van der Waals surface area contributed by atoms with Crippen LogP contribution in [0, 0.1) is 6.92 Å². The lowest BCUT2D eigenvalue weighted by Gasteiger charge is -2.12. The van der Waals surface area contributed by atoms with E-state index in [0.29, 0.717) is 33.5 Å². The highest BCUT2D eigenvalue weighted by Gasteiger charge is 2.15. The van der Waals surface area contributed by atoms with Crippen LogP contribution in [0.15, 0.2) is 85.1 Å². The molecule has 0 aliphatic heterocycles. The summed E-state index contributed by atoms with van der Waals surface area (Å²) >= 11 is 0. The van der Waals surface area contributed by atoms with Crippen LogP contribution in [0.4, 0.5) is 5.69 Å². The van der Waals surface area contributed by atoms with Crippen molar-refractivity contribution in [3.63, 3.8) is 0 Å². The smallest absolute Gasteiger partial charge is 0.343 e. The number of carbonyl (C=O) groups is 2. The number of anilines is 1. The van der Waals surface area contributed by atoms with Crippen molar-refractivity contribution in [3.05, 3.63) is 102 Å². The Morgan fingerprint density at radius 3 is 2.45 bits per heavy atom. The van der Waals surface area contributed by atoms with Gasteiger partial charge in [0, 0.05) is 17.1 Å². The van der Waals surface area contributed by atoms with Gasteiger partial charge in [-0.05, 0) is 55.5 Å². The van der Waals surface area contributed by atoms with Gasteiger partial charge in [0.25, 0.3) is 5.91 Å². The van der Waals surface area contributed by atoms with E-state index in [0.717, 1.165) is 5.56 Å². The van der Waals surface area contributed by atoms with Crippen LogP contribution in [-0.2, 0) is 0 Å². The van der Waals surface area contributed by atoms with Gasteiger partial charge in [0.15, 0.2) is 0 Å². The third-order valence-corrected chi connectivity index (χ3v) is 4.47. The first-order chi connectivity index (χ1) is 14.1. The molecule has 29 heavy (non-hydrogen) atoms. The van der Waals surface area contributed by atoms with Crippen molar-refractivity contribution in [2.24, 2.45) is 0 Å². The quantitative estimate of drug-likeness (QED) is 0.398. The topological polar surface area (TPSA) is 68.3 Å². The number of fused-ring (bicyclic) bond motifs is 1. The van der Waals surface area contributed by atoms with Crippen LogP contribution in [0.1, 0.15) is 26.3 Å². The Morgan fingerprint density at radius 2 is 1.66 bits per heavy atom. The number of benzene rings is 3. The molecule has 0 fully saturated rings. The zero-order valence-corrected chi connectivity index (χ0v) is 15.8. The van der Waals surface area contributed by atoms with E-state index in [1.165, 1.54) is 0 Å². The SMILES string of the molecule is Cc1cccc(C(=O)Nc2ccc(OC(=O)c3ccccc3)c3cccnc23)c1. The Hall–Kier alpha value is -3.99. The highest BCUT2D eigenvalue weighted by atomic mass is 16.5. The minimum atomic E-state index is -0.452. The number of hydrogen-bond donors (Lipinski definition) is 1. The Labute approximate surface area is 168 Å². The minimum Gasteiger partial charge on any atom is -0.422 e. The van der Waals surface area contributed by atoms with E-state index >= 15 is 0 Å². The largest absolute Gasteiger partial charge is 0.422 e. The van der Waals surface area contributed by atoms with Crippen LogP contribution < -0.4 is 10.1 Å². The summed E-state index contributed by atoms with van der Waals surface area (Å²) in [4.78, 5) is 29.4. The summed E-state index contributed by atoms with van der Waals surface area (Å²) in [5, 5.41) is 3.54. The molecule has 0 aliphatic carbocycles. The molecule has 1 amide bonds. The van der Waals surface area contributed by atoms with Crippen LogP contribution in [0.25, 0.3) is 10.9 Å². The van der Waals surface area contributed by atoms with Crippen LogP contribution in [0.3, 0.4) is 0 Å². The van der Waals surface area contributed by atoms with E-state index in [2.05, 4.69) is 10.3 Å². The lowest BCUT2D eigenvalue weighted by Crippen LogP contribution is -2.13. The van der Waals surface area contributed by atoms with Crippen LogP contribution in [0.5, 0.6) is 5.75 Å². The second kappa shape index (κ2) is 7.94. The van der Waals surface area contributed by atoms with Crippen LogP contribution >= 0.6 is 0 Å². The van der Waals surface area contributed by atoms with Crippen LogP contribution in [-0.4, -0.2) is 16.9 Å². The molecule has 0 atom stereocenters. The van der Waals surface area contributed by atoms with Crippen LogP contribution in [0.2, 0.25) is 0 Å². The van der Waals surface area contributed by atoms with Gasteiger partial charge in [-0.3, -0.25) is 9.78 Å². The summed E-state index contributed by atoms with van der Waals surface area (Å²) in [5.41, 5.74) is 3.12. The molecule has 0 saturated heterocycles. The number of carbonyl (C=O) groups excluding carboxylic acids is 2. The molecule has 1 aromatic heterocycles. The molecule has 3 aromatic carbocycles. The van der Waals surface area contributed by atoms with E-state index in [4.69, 9.17) is 4.74 Å². The van der Waals surface area contributed by atoms with Crippen molar-refractivity contribution < 1.29 is 14.3 Å². The summed E-state index contributed by atoms with van der Waals surface area (Å²) in [5.74, 6) is -0.294. The number of nitrogens with zero attached hydrogens (tertiary/aromatic N) is 1. The van der Waals surface area contributed by atoms with Gasteiger partial charge in [0.2, 0.25) is 0 Å². The number of nitrogens with one attached hydrogen (secondary N) is 1. The standard InChI is InChI=1S/C24H18N2O3/c1-16-7-5-10-18(15-16)23(27)26-20-12-13-21(19-11-6-14-25-22(19)20)29-24(28)17-8-3-2-4-9-17/h2-15H,1H3,(H,26,27). The van der Waals surface area contributed by atoms with Crippen molar-refractivity contribution >= 4 is 28.5 Å². The zero-order chi connectivity index (χ0) is 20.2. The average Bonchev–Trinajstić information content (AvgIpc) is 2.76. The summed E-state index contributed by atoms with van der Waals surface area (Å²) < 4.78 is 5.58. The maximum atomic E-state index is 12.6. The van der Waals surface area contributed by atoms with Gasteiger partial charge in [-0.1, -0.05) is 35.9 Å². The summed E-state index contributed by atoms with van der Waals surface area (Å²) in [6, 6.07) is 23.0. The molecule has 1 heterocycles. The Balaban J connectivity index is 1.65. The van der Waals surface area contributed by atoms with E-state index < -0.39 is 5.97 Å². The number of pyridine rings is 1. The molecular weight excluding hydrogens is 364 g/mol. The normalized spacial score (nSPS) is 10.5. The first kappa shape index (κ1) is 18.4. The van der Waals surface area contributed by atoms with E-state index in [-0.39, 0.29) is 5.91 Å². The monoisotopic (exact) mass is 382 g/mol. The number of ether oxygens (including phenoxy) is 1. The first-order valence-electron chi connectivity index (χ1n) is 9.15. The van der Waals surface area contributed by atoms with Crippen molar-refractivity contribution in [1.82, 2.24) is 4.98 Å². The fourth-order valence-electron chi connectivity index (χ4n) is 3.05. The van der Waals surface area contributed by atoms with Gasteiger partial charge in [-0.15, -0.1) is 0 Å². The van der Waals surface area contributed by atoms with Gasteiger partial charge < -0.3 is 10.1 Å². The molecule has 0 saturated carbocycles. The molecule has 4 rings (SSSR count). The maximum absolute atomic E-state index is 12.6. The molecule has 0 bridgehead atoms. The molecule has 5 nitrogen and oxygen atoms in total. The number of aryl methyl sites for hydroxylation is 1. The van der Waals surface area contributed by atoms with Crippen molar-refractivity contribution in [1.29, 1.82) is 0 Å². The Kier molecular flexibility index (Phi) is 5.03. The molecule has 142 valence electrons.